The van der Waals surface area contributed by atoms with Crippen molar-refractivity contribution in [3.63, 3.8) is 0 Å². The van der Waals surface area contributed by atoms with Crippen molar-refractivity contribution in [2.75, 3.05) is 24.6 Å². The number of nitrogens with zero attached hydrogens (tertiary/aromatic N) is 2. The molecular formula is C32H33N3O6S. The fourth-order valence-electron chi connectivity index (χ4n) is 4.18. The number of hydrazone groups is 1. The van der Waals surface area contributed by atoms with Crippen LogP contribution in [0.3, 0.4) is 0 Å². The zero-order chi connectivity index (χ0) is 30.0. The number of para-hydroxylation sites is 1. The number of carbonyl (C=O) groups is 1. The van der Waals surface area contributed by atoms with Gasteiger partial charge in [-0.2, -0.15) is 5.10 Å². The Morgan fingerprint density at radius 3 is 2.21 bits per heavy atom. The van der Waals surface area contributed by atoms with E-state index in [-0.39, 0.29) is 22.7 Å². The molecule has 1 N–H and O–H groups in total. The lowest BCUT2D eigenvalue weighted by Gasteiger charge is -2.26. The van der Waals surface area contributed by atoms with E-state index in [1.165, 1.54) is 29.8 Å². The first-order valence-corrected chi connectivity index (χ1v) is 14.8. The second kappa shape index (κ2) is 14.2. The van der Waals surface area contributed by atoms with Crippen molar-refractivity contribution in [1.82, 2.24) is 5.43 Å². The third-order valence-corrected chi connectivity index (χ3v) is 7.95. The molecule has 4 aromatic rings. The van der Waals surface area contributed by atoms with Crippen molar-refractivity contribution in [3.8, 4) is 17.2 Å². The SMILES string of the molecule is CCOc1ccc(/C=N\NC(=O)c2ccccc2N(Cc2ccccc2)S(=O)(=O)c2ccc(OC)cc2)cc1OCC. The molecule has 0 aromatic heterocycles. The van der Waals surface area contributed by atoms with E-state index in [1.54, 1.807) is 54.6 Å². The number of carbonyl (C=O) groups excluding carboxylic acids is 1. The molecule has 0 spiro atoms. The summed E-state index contributed by atoms with van der Waals surface area (Å²) in [6, 6.07) is 27.2. The van der Waals surface area contributed by atoms with Gasteiger partial charge < -0.3 is 14.2 Å². The lowest BCUT2D eigenvalue weighted by atomic mass is 10.1. The van der Waals surface area contributed by atoms with Crippen LogP contribution in [-0.4, -0.2) is 40.9 Å². The number of hydrogen-bond donors (Lipinski definition) is 1. The van der Waals surface area contributed by atoms with Crippen molar-refractivity contribution in [3.05, 3.63) is 114 Å². The molecule has 0 radical (unpaired) electrons. The van der Waals surface area contributed by atoms with E-state index < -0.39 is 15.9 Å². The van der Waals surface area contributed by atoms with Gasteiger partial charge in [-0.15, -0.1) is 0 Å². The summed E-state index contributed by atoms with van der Waals surface area (Å²) in [4.78, 5) is 13.4. The Hall–Kier alpha value is -4.83. The van der Waals surface area contributed by atoms with Gasteiger partial charge in [-0.25, -0.2) is 13.8 Å². The number of sulfonamides is 1. The first kappa shape index (κ1) is 30.1. The lowest BCUT2D eigenvalue weighted by molar-refractivity contribution is 0.0955. The van der Waals surface area contributed by atoms with Crippen LogP contribution in [0.25, 0.3) is 0 Å². The van der Waals surface area contributed by atoms with Crippen molar-refractivity contribution < 1.29 is 27.4 Å². The van der Waals surface area contributed by atoms with Crippen LogP contribution in [0.4, 0.5) is 5.69 Å². The van der Waals surface area contributed by atoms with Crippen molar-refractivity contribution in [1.29, 1.82) is 0 Å². The Kier molecular flexibility index (Phi) is 10.2. The monoisotopic (exact) mass is 587 g/mol. The molecule has 4 aromatic carbocycles. The smallest absolute Gasteiger partial charge is 0.273 e. The normalized spacial score (nSPS) is 11.2. The molecule has 10 heteroatoms. The highest BCUT2D eigenvalue weighted by Gasteiger charge is 2.28. The zero-order valence-electron chi connectivity index (χ0n) is 23.7. The molecule has 1 amide bonds. The van der Waals surface area contributed by atoms with Crippen LogP contribution in [0.1, 0.15) is 35.3 Å². The lowest BCUT2D eigenvalue weighted by Crippen LogP contribution is -2.33. The Morgan fingerprint density at radius 1 is 0.857 bits per heavy atom. The van der Waals surface area contributed by atoms with Gasteiger partial charge in [-0.05, 0) is 79.6 Å². The average Bonchev–Trinajstić information content (AvgIpc) is 3.01. The number of rotatable bonds is 13. The molecule has 218 valence electrons. The molecule has 0 bridgehead atoms. The number of amides is 1. The minimum absolute atomic E-state index is 0.00908. The van der Waals surface area contributed by atoms with E-state index in [4.69, 9.17) is 14.2 Å². The molecule has 0 saturated heterocycles. The van der Waals surface area contributed by atoms with E-state index >= 15 is 0 Å². The molecule has 0 fully saturated rings. The highest BCUT2D eigenvalue weighted by molar-refractivity contribution is 7.92. The average molecular weight is 588 g/mol. The van der Waals surface area contributed by atoms with Gasteiger partial charge in [0.15, 0.2) is 11.5 Å². The predicted molar refractivity (Wildman–Crippen MR) is 163 cm³/mol. The van der Waals surface area contributed by atoms with Gasteiger partial charge in [-0.3, -0.25) is 9.10 Å². The molecule has 0 aliphatic carbocycles. The van der Waals surface area contributed by atoms with Crippen LogP contribution in [0.5, 0.6) is 17.2 Å². The van der Waals surface area contributed by atoms with Gasteiger partial charge in [0.25, 0.3) is 15.9 Å². The summed E-state index contributed by atoms with van der Waals surface area (Å²) in [5.74, 6) is 1.15. The molecule has 0 saturated carbocycles. The standard InChI is InChI=1S/C32H33N3O6S/c1-4-40-30-20-15-25(21-31(30)41-5-2)22-33-34-32(36)28-13-9-10-14-29(28)35(23-24-11-7-6-8-12-24)42(37,38)27-18-16-26(39-3)17-19-27/h6-22H,4-5,23H2,1-3H3,(H,34,36)/b33-22-. The summed E-state index contributed by atoms with van der Waals surface area (Å²) in [7, 11) is -2.57. The van der Waals surface area contributed by atoms with E-state index in [9.17, 15) is 13.2 Å². The first-order valence-electron chi connectivity index (χ1n) is 13.4. The largest absolute Gasteiger partial charge is 0.497 e. The number of ether oxygens (including phenoxy) is 3. The maximum atomic E-state index is 14.0. The zero-order valence-corrected chi connectivity index (χ0v) is 24.5. The first-order chi connectivity index (χ1) is 20.4. The molecule has 0 unspecified atom stereocenters. The molecule has 0 aliphatic heterocycles. The van der Waals surface area contributed by atoms with Gasteiger partial charge in [0.1, 0.15) is 5.75 Å². The van der Waals surface area contributed by atoms with Crippen LogP contribution in [-0.2, 0) is 16.6 Å². The number of anilines is 1. The summed E-state index contributed by atoms with van der Waals surface area (Å²) in [6.07, 6.45) is 1.48. The predicted octanol–water partition coefficient (Wildman–Crippen LogP) is 5.65. The van der Waals surface area contributed by atoms with E-state index in [0.29, 0.717) is 36.0 Å². The highest BCUT2D eigenvalue weighted by atomic mass is 32.2. The molecule has 0 atom stereocenters. The Balaban J connectivity index is 1.65. The van der Waals surface area contributed by atoms with Crippen LogP contribution < -0.4 is 23.9 Å². The summed E-state index contributed by atoms with van der Waals surface area (Å²) >= 11 is 0. The van der Waals surface area contributed by atoms with Gasteiger partial charge in [-0.1, -0.05) is 42.5 Å². The Labute approximate surface area is 246 Å². The van der Waals surface area contributed by atoms with Gasteiger partial charge in [0, 0.05) is 0 Å². The minimum atomic E-state index is -4.08. The van der Waals surface area contributed by atoms with Gasteiger partial charge in [0.05, 0.1) is 49.2 Å². The van der Waals surface area contributed by atoms with Crippen molar-refractivity contribution >= 4 is 27.8 Å². The van der Waals surface area contributed by atoms with E-state index in [2.05, 4.69) is 10.5 Å². The maximum Gasteiger partial charge on any atom is 0.273 e. The van der Waals surface area contributed by atoms with E-state index in [1.807, 2.05) is 44.2 Å². The topological polar surface area (TPSA) is 107 Å². The van der Waals surface area contributed by atoms with Crippen LogP contribution in [0.15, 0.2) is 107 Å². The second-order valence-corrected chi connectivity index (χ2v) is 10.8. The fraction of sp³-hybridized carbons (Fsp3) is 0.188. The highest BCUT2D eigenvalue weighted by Crippen LogP contribution is 2.30. The molecule has 0 heterocycles. The maximum absolute atomic E-state index is 14.0. The number of hydrogen-bond acceptors (Lipinski definition) is 7. The summed E-state index contributed by atoms with van der Waals surface area (Å²) in [5.41, 5.74) is 4.32. The molecule has 9 nitrogen and oxygen atoms in total. The van der Waals surface area contributed by atoms with E-state index in [0.717, 1.165) is 5.56 Å². The third-order valence-electron chi connectivity index (χ3n) is 6.18. The van der Waals surface area contributed by atoms with Gasteiger partial charge in [0.2, 0.25) is 0 Å². The number of benzene rings is 4. The fourth-order valence-corrected chi connectivity index (χ4v) is 5.65. The second-order valence-electron chi connectivity index (χ2n) is 8.96. The van der Waals surface area contributed by atoms with Crippen molar-refractivity contribution in [2.24, 2.45) is 5.10 Å². The quantitative estimate of drug-likeness (QED) is 0.160. The Morgan fingerprint density at radius 2 is 1.52 bits per heavy atom. The summed E-state index contributed by atoms with van der Waals surface area (Å²) in [6.45, 7) is 4.74. The minimum Gasteiger partial charge on any atom is -0.497 e. The summed E-state index contributed by atoms with van der Waals surface area (Å²) in [5, 5.41) is 4.12. The van der Waals surface area contributed by atoms with Crippen molar-refractivity contribution in [2.45, 2.75) is 25.3 Å². The van der Waals surface area contributed by atoms with Crippen LogP contribution >= 0.6 is 0 Å². The van der Waals surface area contributed by atoms with Crippen LogP contribution in [0, 0.1) is 0 Å². The molecule has 0 aliphatic rings. The number of methoxy groups -OCH3 is 1. The molecular weight excluding hydrogens is 554 g/mol. The summed E-state index contributed by atoms with van der Waals surface area (Å²) < 4.78 is 45.6. The van der Waals surface area contributed by atoms with Gasteiger partial charge >= 0.3 is 0 Å². The third kappa shape index (κ3) is 7.27. The number of nitrogens with one attached hydrogen (secondary N) is 1. The molecule has 42 heavy (non-hydrogen) atoms. The molecule has 4 rings (SSSR count). The van der Waals surface area contributed by atoms with Crippen LogP contribution in [0.2, 0.25) is 0 Å². The Bertz CT molecular complexity index is 1620.